The highest BCUT2D eigenvalue weighted by Gasteiger charge is 2.25. The Labute approximate surface area is 577 Å². The van der Waals surface area contributed by atoms with E-state index in [-0.39, 0.29) is 38.2 Å². The van der Waals surface area contributed by atoms with Gasteiger partial charge in [-0.05, 0) is 77.0 Å². The predicted molar refractivity (Wildman–Crippen MR) is 401 cm³/mol. The van der Waals surface area contributed by atoms with Crippen molar-refractivity contribution in [1.29, 1.82) is 0 Å². The number of quaternary nitrogens is 1. The summed E-state index contributed by atoms with van der Waals surface area (Å²) in [4.78, 5) is 37.7. The standard InChI is InChI=1S/C84H155NO8/c1-6-8-10-12-14-16-18-20-22-24-26-28-30-32-34-35-36-37-38-39-40-41-42-43-44-45-46-47-49-50-52-54-56-58-60-62-64-66-68-70-72-74-81(86)91-78-80(79-92-84(83(88)89)90-77-76-85(3,4)5)93-82(87)75-73-71-69-67-65-63-61-59-57-55-53-51-48-33-31-29-27-25-23-21-19-17-15-13-11-9-7-2/h9,11,15,17,21,23-24,26-27,29,80,84H,6-8,10,12-14,16,18-20,22,25,28,30-79H2,1-5H3/p+1/b11-9-,17-15-,23-21-,26-24-,29-27-. The smallest absolute Gasteiger partial charge is 0.361 e. The van der Waals surface area contributed by atoms with Crippen LogP contribution in [0.5, 0.6) is 0 Å². The molecule has 2 atom stereocenters. The Morgan fingerprint density at radius 3 is 0.925 bits per heavy atom. The molecule has 9 nitrogen and oxygen atoms in total. The Balaban J connectivity index is 3.93. The molecule has 0 bridgehead atoms. The molecule has 93 heavy (non-hydrogen) atoms. The van der Waals surface area contributed by atoms with Crippen LogP contribution in [-0.2, 0) is 33.3 Å². The molecule has 0 aromatic heterocycles. The third-order valence-electron chi connectivity index (χ3n) is 18.3. The van der Waals surface area contributed by atoms with E-state index >= 15 is 0 Å². The van der Waals surface area contributed by atoms with Crippen LogP contribution < -0.4 is 0 Å². The number of esters is 2. The van der Waals surface area contributed by atoms with Crippen LogP contribution in [0.1, 0.15) is 399 Å². The molecule has 0 aromatic carbocycles. The van der Waals surface area contributed by atoms with Crippen LogP contribution in [0.15, 0.2) is 60.8 Å². The number of carbonyl (C=O) groups is 3. The molecule has 0 aromatic rings. The molecule has 0 aliphatic carbocycles. The van der Waals surface area contributed by atoms with Crippen LogP contribution in [0.25, 0.3) is 0 Å². The van der Waals surface area contributed by atoms with Crippen molar-refractivity contribution in [3.63, 3.8) is 0 Å². The lowest BCUT2D eigenvalue weighted by molar-refractivity contribution is -0.870. The number of ether oxygens (including phenoxy) is 4. The quantitative estimate of drug-likeness (QED) is 0.0211. The third-order valence-corrected chi connectivity index (χ3v) is 18.3. The molecule has 0 spiro atoms. The number of carboxylic acid groups (broad SMARTS) is 1. The van der Waals surface area contributed by atoms with Gasteiger partial charge in [-0.25, -0.2) is 4.79 Å². The van der Waals surface area contributed by atoms with Crippen molar-refractivity contribution in [2.45, 2.75) is 411 Å². The number of unbranched alkanes of at least 4 members (excludes halogenated alkanes) is 51. The van der Waals surface area contributed by atoms with Gasteiger partial charge in [0.2, 0.25) is 0 Å². The minimum absolute atomic E-state index is 0.179. The molecule has 1 N–H and O–H groups in total. The summed E-state index contributed by atoms with van der Waals surface area (Å²) in [5.74, 6) is -1.98. The van der Waals surface area contributed by atoms with Crippen molar-refractivity contribution in [2.24, 2.45) is 0 Å². The molecule has 0 amide bonds. The fraction of sp³-hybridized carbons (Fsp3) is 0.845. The minimum atomic E-state index is -1.51. The number of carboxylic acids is 1. The van der Waals surface area contributed by atoms with Crippen molar-refractivity contribution >= 4 is 17.9 Å². The monoisotopic (exact) mass is 1310 g/mol. The highest BCUT2D eigenvalue weighted by Crippen LogP contribution is 2.20. The maximum absolute atomic E-state index is 13.0. The number of carbonyl (C=O) groups excluding carboxylic acids is 2. The van der Waals surface area contributed by atoms with E-state index in [1.165, 1.54) is 308 Å². The average molecular weight is 1310 g/mol. The molecule has 0 aliphatic heterocycles. The molecule has 0 heterocycles. The fourth-order valence-electron chi connectivity index (χ4n) is 12.1. The van der Waals surface area contributed by atoms with Gasteiger partial charge in [-0.1, -0.05) is 370 Å². The topological polar surface area (TPSA) is 108 Å². The molecular weight excluding hydrogens is 1150 g/mol. The van der Waals surface area contributed by atoms with Gasteiger partial charge in [0.1, 0.15) is 13.2 Å². The van der Waals surface area contributed by atoms with E-state index in [1.807, 2.05) is 21.1 Å². The SMILES string of the molecule is CC/C=C\C/C=C\C/C=C\C/C=C\CCCCCCCCCCCCCCCCC(=O)OC(COC(=O)CCCCCCCCCCCCCCCCCCCCCCCCCCCCCCC/C=C\CCCCCCCCCC)COC(OCC[N+](C)(C)C)C(=O)O. The van der Waals surface area contributed by atoms with Gasteiger partial charge in [0.05, 0.1) is 34.4 Å². The molecule has 0 aliphatic rings. The van der Waals surface area contributed by atoms with Gasteiger partial charge >= 0.3 is 17.9 Å². The van der Waals surface area contributed by atoms with Crippen LogP contribution in [0.2, 0.25) is 0 Å². The van der Waals surface area contributed by atoms with Gasteiger partial charge in [-0.3, -0.25) is 9.59 Å². The summed E-state index contributed by atoms with van der Waals surface area (Å²) < 4.78 is 23.1. The molecule has 0 radical (unpaired) electrons. The van der Waals surface area contributed by atoms with Crippen molar-refractivity contribution in [1.82, 2.24) is 0 Å². The van der Waals surface area contributed by atoms with Crippen molar-refractivity contribution in [3.8, 4) is 0 Å². The Morgan fingerprint density at radius 2 is 0.613 bits per heavy atom. The maximum Gasteiger partial charge on any atom is 0.361 e. The Bertz CT molecular complexity index is 1710. The fourth-order valence-corrected chi connectivity index (χ4v) is 12.1. The summed E-state index contributed by atoms with van der Waals surface area (Å²) in [7, 11) is 5.99. The van der Waals surface area contributed by atoms with Crippen LogP contribution in [0, 0.1) is 0 Å². The van der Waals surface area contributed by atoms with E-state index in [9.17, 15) is 19.5 Å². The Morgan fingerprint density at radius 1 is 0.333 bits per heavy atom. The van der Waals surface area contributed by atoms with Crippen molar-refractivity contribution < 1.29 is 42.9 Å². The van der Waals surface area contributed by atoms with Gasteiger partial charge in [0.25, 0.3) is 6.29 Å². The summed E-state index contributed by atoms with van der Waals surface area (Å²) in [6, 6.07) is 0. The van der Waals surface area contributed by atoms with Gasteiger partial charge < -0.3 is 28.5 Å². The van der Waals surface area contributed by atoms with Gasteiger partial charge in [-0.15, -0.1) is 0 Å². The normalized spacial score (nSPS) is 12.9. The first-order valence-corrected chi connectivity index (χ1v) is 40.5. The second kappa shape index (κ2) is 74.8. The Kier molecular flexibility index (Phi) is 72.4. The summed E-state index contributed by atoms with van der Waals surface area (Å²) in [6.07, 6.45) is 96.8. The number of allylic oxidation sites excluding steroid dienone is 10. The zero-order chi connectivity index (χ0) is 67.5. The number of rotatable bonds is 76. The van der Waals surface area contributed by atoms with E-state index in [0.29, 0.717) is 17.4 Å². The second-order valence-electron chi connectivity index (χ2n) is 28.7. The first-order valence-electron chi connectivity index (χ1n) is 40.5. The van der Waals surface area contributed by atoms with Crippen LogP contribution >= 0.6 is 0 Å². The number of likely N-dealkylation sites (N-methyl/N-ethyl adjacent to an activating group) is 1. The molecule has 9 heteroatoms. The molecular formula is C84H156NO8+. The van der Waals surface area contributed by atoms with Gasteiger partial charge in [0.15, 0.2) is 6.10 Å². The highest BCUT2D eigenvalue weighted by molar-refractivity contribution is 5.71. The zero-order valence-corrected chi connectivity index (χ0v) is 62.4. The lowest BCUT2D eigenvalue weighted by Gasteiger charge is -2.25. The van der Waals surface area contributed by atoms with E-state index in [2.05, 4.69) is 74.6 Å². The van der Waals surface area contributed by atoms with Crippen molar-refractivity contribution in [2.75, 3.05) is 47.5 Å². The molecule has 0 saturated heterocycles. The second-order valence-corrected chi connectivity index (χ2v) is 28.7. The molecule has 544 valence electrons. The number of aliphatic carboxylic acids is 1. The van der Waals surface area contributed by atoms with Gasteiger partial charge in [0, 0.05) is 12.8 Å². The molecule has 0 rings (SSSR count). The predicted octanol–water partition coefficient (Wildman–Crippen LogP) is 25.8. The van der Waals surface area contributed by atoms with Crippen LogP contribution in [0.3, 0.4) is 0 Å². The molecule has 2 unspecified atom stereocenters. The van der Waals surface area contributed by atoms with E-state index < -0.39 is 18.4 Å². The maximum atomic E-state index is 13.0. The zero-order valence-electron chi connectivity index (χ0n) is 62.4. The average Bonchev–Trinajstić information content (AvgIpc) is 3.38. The van der Waals surface area contributed by atoms with Gasteiger partial charge in [-0.2, -0.15) is 0 Å². The summed E-state index contributed by atoms with van der Waals surface area (Å²) in [5, 5.41) is 9.77. The first kappa shape index (κ1) is 90.0. The first-order chi connectivity index (χ1) is 45.6. The molecule has 0 saturated carbocycles. The van der Waals surface area contributed by atoms with Crippen LogP contribution in [-0.4, -0.2) is 87.4 Å². The van der Waals surface area contributed by atoms with Crippen molar-refractivity contribution in [3.05, 3.63) is 60.8 Å². The lowest BCUT2D eigenvalue weighted by Crippen LogP contribution is -2.40. The largest absolute Gasteiger partial charge is 0.477 e. The molecule has 0 fully saturated rings. The van der Waals surface area contributed by atoms with Crippen LogP contribution in [0.4, 0.5) is 0 Å². The van der Waals surface area contributed by atoms with E-state index in [4.69, 9.17) is 18.9 Å². The summed E-state index contributed by atoms with van der Waals surface area (Å²) in [6.45, 7) is 4.83. The highest BCUT2D eigenvalue weighted by atomic mass is 16.7. The summed E-state index contributed by atoms with van der Waals surface area (Å²) in [5.41, 5.74) is 0. The lowest BCUT2D eigenvalue weighted by atomic mass is 10.0. The number of hydrogen-bond donors (Lipinski definition) is 1. The van der Waals surface area contributed by atoms with E-state index in [1.54, 1.807) is 0 Å². The van der Waals surface area contributed by atoms with E-state index in [0.717, 1.165) is 64.2 Å². The Hall–Kier alpha value is -3.01. The third kappa shape index (κ3) is 76.2. The number of nitrogens with zero attached hydrogens (tertiary/aromatic N) is 1. The number of hydrogen-bond acceptors (Lipinski definition) is 7. The summed E-state index contributed by atoms with van der Waals surface area (Å²) >= 11 is 0. The minimum Gasteiger partial charge on any atom is -0.477 e.